The molecule has 0 heterocycles. The summed E-state index contributed by atoms with van der Waals surface area (Å²) in [5, 5.41) is 3.39. The van der Waals surface area contributed by atoms with Crippen molar-refractivity contribution in [3.8, 4) is 0 Å². The first-order valence-corrected chi connectivity index (χ1v) is 6.83. The molecule has 0 aliphatic carbocycles. The van der Waals surface area contributed by atoms with Crippen molar-refractivity contribution >= 4 is 0 Å². The molecule has 0 amide bonds. The van der Waals surface area contributed by atoms with Crippen LogP contribution in [0.2, 0.25) is 0 Å². The lowest BCUT2D eigenvalue weighted by molar-refractivity contribution is -0.137. The van der Waals surface area contributed by atoms with E-state index in [4.69, 9.17) is 4.74 Å². The molecule has 5 heteroatoms. The van der Waals surface area contributed by atoms with E-state index in [0.717, 1.165) is 32.2 Å². The molecule has 0 saturated carbocycles. The van der Waals surface area contributed by atoms with E-state index in [0.29, 0.717) is 12.6 Å². The van der Waals surface area contributed by atoms with Crippen molar-refractivity contribution in [3.63, 3.8) is 0 Å². The summed E-state index contributed by atoms with van der Waals surface area (Å²) in [7, 11) is 0. The number of rotatable bonds is 11. The standard InChI is InChI=1S/C13H26F3NO/c1-3-9-17-12(2)7-4-5-10-18-11-6-8-13(14,15)16/h12,17H,3-11H2,1-2H3. The second-order valence-electron chi connectivity index (χ2n) is 4.68. The molecule has 0 aromatic heterocycles. The molecule has 1 atom stereocenters. The number of hydrogen-bond acceptors (Lipinski definition) is 2. The highest BCUT2D eigenvalue weighted by Crippen LogP contribution is 2.20. The number of hydrogen-bond donors (Lipinski definition) is 1. The summed E-state index contributed by atoms with van der Waals surface area (Å²) < 4.78 is 40.6. The molecule has 0 radical (unpaired) electrons. The minimum Gasteiger partial charge on any atom is -0.381 e. The second kappa shape index (κ2) is 10.6. The van der Waals surface area contributed by atoms with Crippen molar-refractivity contribution < 1.29 is 17.9 Å². The van der Waals surface area contributed by atoms with Crippen LogP contribution < -0.4 is 5.32 Å². The SMILES string of the molecule is CCCNC(C)CCCCOCCCC(F)(F)F. The van der Waals surface area contributed by atoms with Crippen molar-refractivity contribution in [1.29, 1.82) is 0 Å². The van der Waals surface area contributed by atoms with E-state index in [1.54, 1.807) is 0 Å². The highest BCUT2D eigenvalue weighted by molar-refractivity contribution is 4.59. The second-order valence-corrected chi connectivity index (χ2v) is 4.68. The van der Waals surface area contributed by atoms with Crippen LogP contribution in [0.3, 0.4) is 0 Å². The first-order valence-electron chi connectivity index (χ1n) is 6.83. The number of halogens is 3. The highest BCUT2D eigenvalue weighted by Gasteiger charge is 2.25. The van der Waals surface area contributed by atoms with Gasteiger partial charge in [-0.25, -0.2) is 0 Å². The minimum absolute atomic E-state index is 0.0674. The number of nitrogens with one attached hydrogen (secondary N) is 1. The predicted molar refractivity (Wildman–Crippen MR) is 67.7 cm³/mol. The topological polar surface area (TPSA) is 21.3 Å². The van der Waals surface area contributed by atoms with E-state index >= 15 is 0 Å². The van der Waals surface area contributed by atoms with Gasteiger partial charge < -0.3 is 10.1 Å². The maximum Gasteiger partial charge on any atom is 0.389 e. The van der Waals surface area contributed by atoms with Gasteiger partial charge in [-0.15, -0.1) is 0 Å². The zero-order valence-corrected chi connectivity index (χ0v) is 11.5. The van der Waals surface area contributed by atoms with E-state index in [2.05, 4.69) is 19.2 Å². The maximum atomic E-state index is 11.8. The Labute approximate surface area is 108 Å². The first kappa shape index (κ1) is 17.7. The van der Waals surface area contributed by atoms with Gasteiger partial charge in [0.25, 0.3) is 0 Å². The molecule has 110 valence electrons. The van der Waals surface area contributed by atoms with Crippen LogP contribution in [0.1, 0.15) is 52.4 Å². The molecule has 0 saturated heterocycles. The Kier molecular flexibility index (Phi) is 10.4. The van der Waals surface area contributed by atoms with E-state index in [9.17, 15) is 13.2 Å². The van der Waals surface area contributed by atoms with Crippen molar-refractivity contribution in [2.45, 2.75) is 64.6 Å². The molecule has 0 rings (SSSR count). The fourth-order valence-corrected chi connectivity index (χ4v) is 1.62. The van der Waals surface area contributed by atoms with Crippen LogP contribution in [0.25, 0.3) is 0 Å². The lowest BCUT2D eigenvalue weighted by Crippen LogP contribution is -2.26. The summed E-state index contributed by atoms with van der Waals surface area (Å²) >= 11 is 0. The summed E-state index contributed by atoms with van der Waals surface area (Å²) in [4.78, 5) is 0. The van der Waals surface area contributed by atoms with Gasteiger partial charge in [-0.05, 0) is 45.6 Å². The van der Waals surface area contributed by atoms with Crippen LogP contribution in [-0.4, -0.2) is 32.0 Å². The Hall–Kier alpha value is -0.290. The van der Waals surface area contributed by atoms with Crippen molar-refractivity contribution in [2.24, 2.45) is 0 Å². The quantitative estimate of drug-likeness (QED) is 0.574. The highest BCUT2D eigenvalue weighted by atomic mass is 19.4. The molecule has 1 unspecified atom stereocenters. The smallest absolute Gasteiger partial charge is 0.381 e. The van der Waals surface area contributed by atoms with Gasteiger partial charge in [-0.1, -0.05) is 6.92 Å². The molecule has 0 aromatic rings. The van der Waals surface area contributed by atoms with Crippen molar-refractivity contribution in [1.82, 2.24) is 5.32 Å². The summed E-state index contributed by atoms with van der Waals surface area (Å²) in [6.07, 6.45) is -0.535. The largest absolute Gasteiger partial charge is 0.389 e. The van der Waals surface area contributed by atoms with E-state index < -0.39 is 12.6 Å². The van der Waals surface area contributed by atoms with Gasteiger partial charge in [0.15, 0.2) is 0 Å². The summed E-state index contributed by atoms with van der Waals surface area (Å²) in [5.41, 5.74) is 0. The van der Waals surface area contributed by atoms with Crippen LogP contribution in [-0.2, 0) is 4.74 Å². The molecule has 2 nitrogen and oxygen atoms in total. The lowest BCUT2D eigenvalue weighted by Gasteiger charge is -2.12. The third-order valence-corrected chi connectivity index (χ3v) is 2.67. The Balaban J connectivity index is 3.16. The monoisotopic (exact) mass is 269 g/mol. The fraction of sp³-hybridized carbons (Fsp3) is 1.00. The van der Waals surface area contributed by atoms with E-state index in [1.165, 1.54) is 0 Å². The first-order chi connectivity index (χ1) is 8.45. The third-order valence-electron chi connectivity index (χ3n) is 2.67. The maximum absolute atomic E-state index is 11.8. The van der Waals surface area contributed by atoms with Gasteiger partial charge in [0.2, 0.25) is 0 Å². The average Bonchev–Trinajstić information content (AvgIpc) is 2.28. The Morgan fingerprint density at radius 1 is 1.11 bits per heavy atom. The summed E-state index contributed by atoms with van der Waals surface area (Å²) in [6.45, 7) is 6.10. The van der Waals surface area contributed by atoms with Crippen LogP contribution >= 0.6 is 0 Å². The van der Waals surface area contributed by atoms with Crippen LogP contribution in [0.15, 0.2) is 0 Å². The number of alkyl halides is 3. The lowest BCUT2D eigenvalue weighted by atomic mass is 10.1. The molecular weight excluding hydrogens is 243 g/mol. The minimum atomic E-state index is -4.05. The normalized spacial score (nSPS) is 13.8. The summed E-state index contributed by atoms with van der Waals surface area (Å²) in [6, 6.07) is 0.509. The zero-order valence-electron chi connectivity index (χ0n) is 11.5. The van der Waals surface area contributed by atoms with Gasteiger partial charge >= 0.3 is 6.18 Å². The average molecular weight is 269 g/mol. The third kappa shape index (κ3) is 13.8. The van der Waals surface area contributed by atoms with Crippen LogP contribution in [0.5, 0.6) is 0 Å². The fourth-order valence-electron chi connectivity index (χ4n) is 1.62. The van der Waals surface area contributed by atoms with Gasteiger partial charge in [0.1, 0.15) is 0 Å². The Bertz CT molecular complexity index is 186. The molecular formula is C13H26F3NO. The molecule has 0 aliphatic heterocycles. The van der Waals surface area contributed by atoms with Gasteiger partial charge in [-0.2, -0.15) is 13.2 Å². The van der Waals surface area contributed by atoms with Crippen LogP contribution in [0.4, 0.5) is 13.2 Å². The zero-order chi connectivity index (χ0) is 13.9. The van der Waals surface area contributed by atoms with Gasteiger partial charge in [0.05, 0.1) is 0 Å². The Morgan fingerprint density at radius 3 is 2.39 bits per heavy atom. The van der Waals surface area contributed by atoms with E-state index in [-0.39, 0.29) is 13.0 Å². The molecule has 1 N–H and O–H groups in total. The molecule has 0 aromatic carbocycles. The molecule has 0 spiro atoms. The number of unbranched alkanes of at least 4 members (excludes halogenated alkanes) is 1. The molecule has 0 bridgehead atoms. The predicted octanol–water partition coefficient (Wildman–Crippen LogP) is 3.90. The van der Waals surface area contributed by atoms with Crippen molar-refractivity contribution in [3.05, 3.63) is 0 Å². The molecule has 0 aliphatic rings. The Morgan fingerprint density at radius 2 is 1.78 bits per heavy atom. The van der Waals surface area contributed by atoms with Crippen LogP contribution in [0, 0.1) is 0 Å². The van der Waals surface area contributed by atoms with Gasteiger partial charge in [0, 0.05) is 25.7 Å². The number of ether oxygens (including phenoxy) is 1. The van der Waals surface area contributed by atoms with Crippen molar-refractivity contribution in [2.75, 3.05) is 19.8 Å². The van der Waals surface area contributed by atoms with E-state index in [1.807, 2.05) is 0 Å². The molecule has 0 fully saturated rings. The van der Waals surface area contributed by atoms with Gasteiger partial charge in [-0.3, -0.25) is 0 Å². The summed E-state index contributed by atoms with van der Waals surface area (Å²) in [5.74, 6) is 0. The molecule has 18 heavy (non-hydrogen) atoms.